The minimum absolute atomic E-state index is 0.0770. The van der Waals surface area contributed by atoms with Crippen molar-refractivity contribution in [1.82, 2.24) is 9.55 Å². The van der Waals surface area contributed by atoms with Gasteiger partial charge in [-0.2, -0.15) is 0 Å². The summed E-state index contributed by atoms with van der Waals surface area (Å²) in [6.45, 7) is 2.54. The highest BCUT2D eigenvalue weighted by Crippen LogP contribution is 2.48. The highest BCUT2D eigenvalue weighted by atomic mass is 32.2. The first-order valence-electron chi connectivity index (χ1n) is 10.6. The molecule has 5 rings (SSSR count). The van der Waals surface area contributed by atoms with Crippen LogP contribution in [0.1, 0.15) is 55.9 Å². The van der Waals surface area contributed by atoms with Crippen LogP contribution in [0.25, 0.3) is 11.3 Å². The molecule has 1 saturated carbocycles. The second-order valence-electron chi connectivity index (χ2n) is 8.20. The van der Waals surface area contributed by atoms with E-state index in [9.17, 15) is 4.79 Å². The van der Waals surface area contributed by atoms with Gasteiger partial charge in [-0.25, -0.2) is 4.98 Å². The van der Waals surface area contributed by atoms with Crippen LogP contribution in [0.4, 0.5) is 0 Å². The average Bonchev–Trinajstić information content (AvgIpc) is 3.25. The molecule has 150 valence electrons. The van der Waals surface area contributed by atoms with Crippen LogP contribution in [0.2, 0.25) is 0 Å². The number of rotatable bonds is 4. The van der Waals surface area contributed by atoms with Crippen molar-refractivity contribution in [2.24, 2.45) is 0 Å². The molecular formula is C24H26N2O2S. The van der Waals surface area contributed by atoms with E-state index in [1.807, 2.05) is 16.7 Å². The van der Waals surface area contributed by atoms with Crippen molar-refractivity contribution in [3.05, 3.63) is 69.9 Å². The maximum atomic E-state index is 14.0. The SMILES string of the molecule is CCSc1nc2c(c(=O)n1Cc1ccco1)C1(CCCCC1)Cc1ccccc1-2. The second-order valence-corrected chi connectivity index (χ2v) is 9.43. The molecule has 0 bridgehead atoms. The zero-order chi connectivity index (χ0) is 19.8. The van der Waals surface area contributed by atoms with Crippen molar-refractivity contribution in [1.29, 1.82) is 0 Å². The van der Waals surface area contributed by atoms with Crippen molar-refractivity contribution in [3.63, 3.8) is 0 Å². The second kappa shape index (κ2) is 7.52. The molecule has 3 aromatic rings. The number of hydrogen-bond donors (Lipinski definition) is 0. The van der Waals surface area contributed by atoms with E-state index in [1.54, 1.807) is 18.0 Å². The van der Waals surface area contributed by atoms with Crippen LogP contribution in [0.3, 0.4) is 0 Å². The largest absolute Gasteiger partial charge is 0.467 e. The maximum absolute atomic E-state index is 14.0. The Balaban J connectivity index is 1.77. The van der Waals surface area contributed by atoms with Crippen molar-refractivity contribution in [3.8, 4) is 11.3 Å². The van der Waals surface area contributed by atoms with Crippen LogP contribution in [0, 0.1) is 0 Å². The standard InChI is InChI=1S/C24H26N2O2S/c1-2-29-23-25-21-19-11-5-4-9-17(19)15-24(12-6-3-7-13-24)20(21)22(27)26(23)16-18-10-8-14-28-18/h4-5,8-11,14H,2-3,6-7,12-13,15-16H2,1H3. The third-order valence-corrected chi connectivity index (χ3v) is 7.30. The summed E-state index contributed by atoms with van der Waals surface area (Å²) in [6.07, 6.45) is 8.40. The van der Waals surface area contributed by atoms with E-state index < -0.39 is 0 Å². The van der Waals surface area contributed by atoms with Gasteiger partial charge >= 0.3 is 0 Å². The Morgan fingerprint density at radius 1 is 1.14 bits per heavy atom. The van der Waals surface area contributed by atoms with Crippen LogP contribution in [-0.2, 0) is 18.4 Å². The fraction of sp³-hybridized carbons (Fsp3) is 0.417. The molecule has 2 heterocycles. The summed E-state index contributed by atoms with van der Waals surface area (Å²) in [5, 5.41) is 0.787. The molecule has 0 saturated heterocycles. The van der Waals surface area contributed by atoms with Crippen molar-refractivity contribution < 1.29 is 4.42 Å². The number of aromatic nitrogens is 2. The lowest BCUT2D eigenvalue weighted by Crippen LogP contribution is -2.43. The fourth-order valence-electron chi connectivity index (χ4n) is 5.16. The van der Waals surface area contributed by atoms with Crippen LogP contribution >= 0.6 is 11.8 Å². The normalized spacial score (nSPS) is 17.1. The summed E-state index contributed by atoms with van der Waals surface area (Å²) in [7, 11) is 0. The molecule has 0 radical (unpaired) electrons. The Morgan fingerprint density at radius 3 is 2.72 bits per heavy atom. The zero-order valence-electron chi connectivity index (χ0n) is 16.8. The Kier molecular flexibility index (Phi) is 4.86. The number of hydrogen-bond acceptors (Lipinski definition) is 4. The van der Waals surface area contributed by atoms with E-state index in [0.29, 0.717) is 6.54 Å². The number of furan rings is 1. The third-order valence-electron chi connectivity index (χ3n) is 6.44. The molecule has 5 heteroatoms. The molecule has 0 aliphatic heterocycles. The monoisotopic (exact) mass is 406 g/mol. The van der Waals surface area contributed by atoms with Gasteiger partial charge < -0.3 is 4.42 Å². The van der Waals surface area contributed by atoms with E-state index in [2.05, 4.69) is 31.2 Å². The Morgan fingerprint density at radius 2 is 1.97 bits per heavy atom. The zero-order valence-corrected chi connectivity index (χ0v) is 17.6. The fourth-order valence-corrected chi connectivity index (χ4v) is 5.88. The first-order chi connectivity index (χ1) is 14.2. The highest BCUT2D eigenvalue weighted by molar-refractivity contribution is 7.99. The molecule has 0 atom stereocenters. The average molecular weight is 407 g/mol. The van der Waals surface area contributed by atoms with Crippen LogP contribution < -0.4 is 5.56 Å². The first-order valence-corrected chi connectivity index (χ1v) is 11.6. The lowest BCUT2D eigenvalue weighted by molar-refractivity contribution is 0.282. The highest BCUT2D eigenvalue weighted by Gasteiger charge is 2.43. The van der Waals surface area contributed by atoms with Gasteiger partial charge in [0.15, 0.2) is 5.16 Å². The van der Waals surface area contributed by atoms with Gasteiger partial charge in [0.05, 0.1) is 24.1 Å². The lowest BCUT2D eigenvalue weighted by atomic mass is 9.62. The summed E-state index contributed by atoms with van der Waals surface area (Å²) < 4.78 is 7.41. The van der Waals surface area contributed by atoms with Gasteiger partial charge in [-0.05, 0) is 42.7 Å². The number of benzene rings is 1. The lowest BCUT2D eigenvalue weighted by Gasteiger charge is -2.42. The molecule has 1 fully saturated rings. The summed E-state index contributed by atoms with van der Waals surface area (Å²) in [6, 6.07) is 12.3. The van der Waals surface area contributed by atoms with Crippen LogP contribution in [0.15, 0.2) is 57.0 Å². The van der Waals surface area contributed by atoms with Crippen molar-refractivity contribution in [2.45, 2.75) is 62.6 Å². The van der Waals surface area contributed by atoms with E-state index in [-0.39, 0.29) is 11.0 Å². The topological polar surface area (TPSA) is 48.0 Å². The van der Waals surface area contributed by atoms with Gasteiger partial charge in [0.25, 0.3) is 5.56 Å². The van der Waals surface area contributed by atoms with Gasteiger partial charge in [-0.3, -0.25) is 9.36 Å². The van der Waals surface area contributed by atoms with Gasteiger partial charge in [-0.1, -0.05) is 62.2 Å². The van der Waals surface area contributed by atoms with Gasteiger partial charge in [0, 0.05) is 11.0 Å². The summed E-state index contributed by atoms with van der Waals surface area (Å²) in [5.74, 6) is 1.66. The molecule has 2 aromatic heterocycles. The van der Waals surface area contributed by atoms with Crippen LogP contribution in [-0.4, -0.2) is 15.3 Å². The van der Waals surface area contributed by atoms with Gasteiger partial charge in [0.1, 0.15) is 5.76 Å². The third kappa shape index (κ3) is 3.16. The van der Waals surface area contributed by atoms with Gasteiger partial charge in [-0.15, -0.1) is 0 Å². The molecule has 0 unspecified atom stereocenters. The summed E-state index contributed by atoms with van der Waals surface area (Å²) >= 11 is 1.63. The minimum atomic E-state index is -0.0770. The van der Waals surface area contributed by atoms with E-state index in [0.717, 1.165) is 52.8 Å². The molecule has 2 aliphatic rings. The molecule has 4 nitrogen and oxygen atoms in total. The van der Waals surface area contributed by atoms with E-state index in [1.165, 1.54) is 24.8 Å². The summed E-state index contributed by atoms with van der Waals surface area (Å²) in [4.78, 5) is 19.1. The summed E-state index contributed by atoms with van der Waals surface area (Å²) in [5.41, 5.74) is 4.39. The quantitative estimate of drug-likeness (QED) is 0.429. The molecule has 0 amide bonds. The Labute approximate surface area is 175 Å². The molecular weight excluding hydrogens is 380 g/mol. The van der Waals surface area contributed by atoms with Crippen molar-refractivity contribution in [2.75, 3.05) is 5.75 Å². The van der Waals surface area contributed by atoms with Crippen LogP contribution in [0.5, 0.6) is 0 Å². The minimum Gasteiger partial charge on any atom is -0.467 e. The molecule has 29 heavy (non-hydrogen) atoms. The predicted octanol–water partition coefficient (Wildman–Crippen LogP) is 5.42. The predicted molar refractivity (Wildman–Crippen MR) is 117 cm³/mol. The van der Waals surface area contributed by atoms with E-state index in [4.69, 9.17) is 9.40 Å². The van der Waals surface area contributed by atoms with E-state index >= 15 is 0 Å². The van der Waals surface area contributed by atoms with Crippen molar-refractivity contribution >= 4 is 11.8 Å². The van der Waals surface area contributed by atoms with Gasteiger partial charge in [0.2, 0.25) is 0 Å². The number of nitrogens with zero attached hydrogens (tertiary/aromatic N) is 2. The molecule has 2 aliphatic carbocycles. The smallest absolute Gasteiger partial charge is 0.258 e. The first kappa shape index (κ1) is 18.7. The Bertz CT molecular complexity index is 1080. The molecule has 1 spiro atoms. The number of thioether (sulfide) groups is 1. The molecule has 0 N–H and O–H groups in total. The number of fused-ring (bicyclic) bond motifs is 4. The molecule has 1 aromatic carbocycles. The Hall–Kier alpha value is -2.27. The maximum Gasteiger partial charge on any atom is 0.258 e.